The molecule has 4 atom stereocenters. The van der Waals surface area contributed by atoms with Crippen LogP contribution in [0.15, 0.2) is 12.7 Å². The molecule has 1 amide bonds. The molecule has 10 nitrogen and oxygen atoms in total. The summed E-state index contributed by atoms with van der Waals surface area (Å²) in [5.41, 5.74) is 0.923. The van der Waals surface area contributed by atoms with Crippen LogP contribution in [0.3, 0.4) is 0 Å². The fourth-order valence-electron chi connectivity index (χ4n) is 2.47. The van der Waals surface area contributed by atoms with E-state index < -0.39 is 30.4 Å². The highest BCUT2D eigenvalue weighted by atomic mass is 16.6. The minimum atomic E-state index is -1.34. The molecule has 1 saturated heterocycles. The number of anilines is 1. The van der Waals surface area contributed by atoms with Crippen LogP contribution < -0.4 is 10.6 Å². The van der Waals surface area contributed by atoms with Crippen molar-refractivity contribution in [1.29, 1.82) is 0 Å². The van der Waals surface area contributed by atoms with Gasteiger partial charge in [0, 0.05) is 14.1 Å². The summed E-state index contributed by atoms with van der Waals surface area (Å²) >= 11 is 0. The molecular weight excluding hydrogens is 292 g/mol. The molecule has 0 saturated carbocycles. The first kappa shape index (κ1) is 14.6. The van der Waals surface area contributed by atoms with Crippen LogP contribution in [0.25, 0.3) is 11.2 Å². The van der Waals surface area contributed by atoms with Gasteiger partial charge in [0.2, 0.25) is 0 Å². The van der Waals surface area contributed by atoms with E-state index in [2.05, 4.69) is 25.6 Å². The molecule has 1 aliphatic heterocycles. The Morgan fingerprint density at radius 2 is 2.05 bits per heavy atom. The Bertz CT molecular complexity index is 704. The Morgan fingerprint density at radius 1 is 1.27 bits per heavy atom. The first-order chi connectivity index (χ1) is 10.6. The van der Waals surface area contributed by atoms with Crippen molar-refractivity contribution in [2.24, 2.45) is 0 Å². The first-order valence-electron chi connectivity index (χ1n) is 6.67. The highest BCUT2D eigenvalue weighted by Crippen LogP contribution is 2.32. The van der Waals surface area contributed by atoms with E-state index in [0.29, 0.717) is 17.0 Å². The Balaban J connectivity index is 2.00. The first-order valence-corrected chi connectivity index (χ1v) is 6.67. The Morgan fingerprint density at radius 3 is 2.73 bits per heavy atom. The summed E-state index contributed by atoms with van der Waals surface area (Å²) in [4.78, 5) is 24.0. The van der Waals surface area contributed by atoms with Crippen LogP contribution in [0.2, 0.25) is 0 Å². The molecule has 0 unspecified atom stereocenters. The highest BCUT2D eigenvalue weighted by molar-refractivity contribution is 5.83. The number of imidazole rings is 1. The van der Waals surface area contributed by atoms with Crippen molar-refractivity contribution in [1.82, 2.24) is 24.8 Å². The minimum absolute atomic E-state index is 0.424. The highest BCUT2D eigenvalue weighted by Gasteiger charge is 2.47. The third-order valence-electron chi connectivity index (χ3n) is 3.61. The molecule has 118 valence electrons. The normalized spacial score (nSPS) is 28.0. The van der Waals surface area contributed by atoms with Crippen molar-refractivity contribution in [2.45, 2.75) is 24.5 Å². The van der Waals surface area contributed by atoms with Gasteiger partial charge in [-0.25, -0.2) is 15.0 Å². The Labute approximate surface area is 125 Å². The largest absolute Gasteiger partial charge is 0.387 e. The average molecular weight is 308 g/mol. The quantitative estimate of drug-likeness (QED) is 0.523. The molecule has 0 aliphatic carbocycles. The van der Waals surface area contributed by atoms with Crippen molar-refractivity contribution >= 4 is 22.9 Å². The van der Waals surface area contributed by atoms with Crippen LogP contribution in [-0.4, -0.2) is 68.0 Å². The zero-order valence-electron chi connectivity index (χ0n) is 12.0. The summed E-state index contributed by atoms with van der Waals surface area (Å²) < 4.78 is 6.96. The van der Waals surface area contributed by atoms with E-state index in [-0.39, 0.29) is 0 Å². The number of likely N-dealkylation sites (N-methyl/N-ethyl adjacent to an activating group) is 1. The molecule has 0 bridgehead atoms. The van der Waals surface area contributed by atoms with Gasteiger partial charge < -0.3 is 25.6 Å². The topological polar surface area (TPSA) is 134 Å². The molecule has 1 aliphatic rings. The van der Waals surface area contributed by atoms with Gasteiger partial charge in [0.15, 0.2) is 23.8 Å². The van der Waals surface area contributed by atoms with E-state index in [1.807, 2.05) is 0 Å². The smallest absolute Gasteiger partial charge is 0.251 e. The molecule has 0 aromatic carbocycles. The number of aliphatic hydroxyl groups excluding tert-OH is 2. The van der Waals surface area contributed by atoms with Gasteiger partial charge in [-0.2, -0.15) is 0 Å². The summed E-state index contributed by atoms with van der Waals surface area (Å²) in [6.45, 7) is 0. The van der Waals surface area contributed by atoms with Crippen LogP contribution in [0.5, 0.6) is 0 Å². The predicted octanol–water partition coefficient (Wildman–Crippen LogP) is -1.77. The van der Waals surface area contributed by atoms with Crippen molar-refractivity contribution in [3.05, 3.63) is 12.7 Å². The molecule has 4 N–H and O–H groups in total. The molecule has 1 fully saturated rings. The number of ether oxygens (including phenoxy) is 1. The molecular formula is C12H16N6O4. The lowest BCUT2D eigenvalue weighted by atomic mass is 10.1. The lowest BCUT2D eigenvalue weighted by Gasteiger charge is -2.16. The van der Waals surface area contributed by atoms with Crippen molar-refractivity contribution < 1.29 is 19.7 Å². The van der Waals surface area contributed by atoms with Crippen LogP contribution in [0.4, 0.5) is 5.82 Å². The van der Waals surface area contributed by atoms with E-state index in [1.54, 1.807) is 7.05 Å². The number of carbonyl (C=O) groups excluding carboxylic acids is 1. The SMILES string of the molecule is CNC(=O)[C@H]1O[C@@H](n2cnc3c(NC)ncnc32)[C@H](O)[C@@H]1O. The summed E-state index contributed by atoms with van der Waals surface area (Å²) in [7, 11) is 3.13. The average Bonchev–Trinajstić information content (AvgIpc) is 3.09. The second kappa shape index (κ2) is 5.48. The number of carbonyl (C=O) groups is 1. The lowest BCUT2D eigenvalue weighted by Crippen LogP contribution is -2.41. The molecule has 0 radical (unpaired) electrons. The van der Waals surface area contributed by atoms with E-state index in [4.69, 9.17) is 4.74 Å². The molecule has 2 aromatic heterocycles. The minimum Gasteiger partial charge on any atom is -0.387 e. The van der Waals surface area contributed by atoms with Gasteiger partial charge >= 0.3 is 0 Å². The molecule has 3 rings (SSSR count). The monoisotopic (exact) mass is 308 g/mol. The van der Waals surface area contributed by atoms with Gasteiger partial charge in [0.1, 0.15) is 24.1 Å². The van der Waals surface area contributed by atoms with E-state index in [1.165, 1.54) is 24.3 Å². The van der Waals surface area contributed by atoms with Gasteiger partial charge in [-0.1, -0.05) is 0 Å². The van der Waals surface area contributed by atoms with Crippen LogP contribution >= 0.6 is 0 Å². The molecule has 22 heavy (non-hydrogen) atoms. The zero-order valence-corrected chi connectivity index (χ0v) is 12.0. The second-order valence-electron chi connectivity index (χ2n) is 4.84. The number of nitrogens with one attached hydrogen (secondary N) is 2. The van der Waals surface area contributed by atoms with Gasteiger partial charge in [0.25, 0.3) is 5.91 Å². The van der Waals surface area contributed by atoms with Crippen molar-refractivity contribution in [3.8, 4) is 0 Å². The van der Waals surface area contributed by atoms with Gasteiger partial charge in [-0.05, 0) is 0 Å². The number of aromatic nitrogens is 4. The van der Waals surface area contributed by atoms with Gasteiger partial charge in [-0.3, -0.25) is 9.36 Å². The number of nitrogens with zero attached hydrogens (tertiary/aromatic N) is 4. The van der Waals surface area contributed by atoms with Crippen LogP contribution in [0, 0.1) is 0 Å². The van der Waals surface area contributed by atoms with E-state index in [9.17, 15) is 15.0 Å². The third-order valence-corrected chi connectivity index (χ3v) is 3.61. The Hall–Kier alpha value is -2.30. The number of hydrogen-bond donors (Lipinski definition) is 4. The van der Waals surface area contributed by atoms with Crippen molar-refractivity contribution in [2.75, 3.05) is 19.4 Å². The molecule has 2 aromatic rings. The van der Waals surface area contributed by atoms with Crippen LogP contribution in [-0.2, 0) is 9.53 Å². The molecule has 3 heterocycles. The van der Waals surface area contributed by atoms with Crippen molar-refractivity contribution in [3.63, 3.8) is 0 Å². The zero-order chi connectivity index (χ0) is 15.9. The lowest BCUT2D eigenvalue weighted by molar-refractivity contribution is -0.137. The number of rotatable bonds is 3. The second-order valence-corrected chi connectivity index (χ2v) is 4.84. The third kappa shape index (κ3) is 2.08. The number of amides is 1. The fraction of sp³-hybridized carbons (Fsp3) is 0.500. The standard InChI is InChI=1S/C12H16N6O4/c1-13-9-5-10(16-3-15-9)18(4-17-5)12-7(20)6(19)8(22-12)11(21)14-2/h3-4,6-8,12,19-20H,1-2H3,(H,14,21)(H,13,15,16)/t6-,7+,8-,12+/m0/s1. The number of aliphatic hydroxyl groups is 2. The predicted molar refractivity (Wildman–Crippen MR) is 74.9 cm³/mol. The van der Waals surface area contributed by atoms with Gasteiger partial charge in [0.05, 0.1) is 6.33 Å². The maximum atomic E-state index is 11.7. The van der Waals surface area contributed by atoms with E-state index >= 15 is 0 Å². The molecule has 10 heteroatoms. The van der Waals surface area contributed by atoms with E-state index in [0.717, 1.165) is 0 Å². The maximum Gasteiger partial charge on any atom is 0.251 e. The Kier molecular flexibility index (Phi) is 3.64. The number of hydrogen-bond acceptors (Lipinski definition) is 8. The van der Waals surface area contributed by atoms with Gasteiger partial charge in [-0.15, -0.1) is 0 Å². The summed E-state index contributed by atoms with van der Waals surface area (Å²) in [6, 6.07) is 0. The summed E-state index contributed by atoms with van der Waals surface area (Å²) in [5.74, 6) is 0.0173. The van der Waals surface area contributed by atoms with Crippen LogP contribution in [0.1, 0.15) is 6.23 Å². The molecule has 0 spiro atoms. The fourth-order valence-corrected chi connectivity index (χ4v) is 2.47. The summed E-state index contributed by atoms with van der Waals surface area (Å²) in [6.07, 6.45) is -1.98. The maximum absolute atomic E-state index is 11.7. The summed E-state index contributed by atoms with van der Waals surface area (Å²) in [5, 5.41) is 25.4. The number of fused-ring (bicyclic) bond motifs is 1.